The largest absolute Gasteiger partial charge is 0.361 e. The van der Waals surface area contributed by atoms with E-state index in [4.69, 9.17) is 4.52 Å². The molecule has 0 aliphatic heterocycles. The van der Waals surface area contributed by atoms with Crippen molar-refractivity contribution >= 4 is 18.3 Å². The molecule has 0 saturated carbocycles. The third-order valence-corrected chi connectivity index (χ3v) is 2.88. The van der Waals surface area contributed by atoms with Crippen LogP contribution in [-0.2, 0) is 11.2 Å². The first-order valence-electron chi connectivity index (χ1n) is 5.90. The van der Waals surface area contributed by atoms with E-state index in [1.165, 1.54) is 0 Å². The van der Waals surface area contributed by atoms with Crippen LogP contribution in [0, 0.1) is 13.8 Å². The summed E-state index contributed by atoms with van der Waals surface area (Å²) in [5.74, 6) is 0.867. The maximum atomic E-state index is 11.6. The maximum Gasteiger partial charge on any atom is 0.220 e. The van der Waals surface area contributed by atoms with E-state index in [1.807, 2.05) is 27.8 Å². The van der Waals surface area contributed by atoms with Gasteiger partial charge in [-0.05, 0) is 34.2 Å². The van der Waals surface area contributed by atoms with E-state index in [0.717, 1.165) is 17.0 Å². The molecule has 0 radical (unpaired) electrons. The fraction of sp³-hybridized carbons (Fsp3) is 0.667. The van der Waals surface area contributed by atoms with Crippen molar-refractivity contribution < 1.29 is 9.32 Å². The zero-order valence-corrected chi connectivity index (χ0v) is 12.2. The summed E-state index contributed by atoms with van der Waals surface area (Å²) in [6, 6.07) is 0.290. The Morgan fingerprint density at radius 2 is 2.11 bits per heavy atom. The van der Waals surface area contributed by atoms with E-state index in [-0.39, 0.29) is 24.4 Å². The van der Waals surface area contributed by atoms with E-state index in [2.05, 4.69) is 15.8 Å². The molecule has 1 aromatic rings. The molecule has 1 heterocycles. The van der Waals surface area contributed by atoms with Crippen LogP contribution in [0.2, 0.25) is 0 Å². The number of rotatable bonds is 6. The SMILES string of the molecule is CNC(C)CNC(=O)CCc1c(C)noc1C.Cl. The van der Waals surface area contributed by atoms with Crippen molar-refractivity contribution in [3.8, 4) is 0 Å². The van der Waals surface area contributed by atoms with E-state index in [1.54, 1.807) is 0 Å². The van der Waals surface area contributed by atoms with Gasteiger partial charge in [-0.2, -0.15) is 0 Å². The van der Waals surface area contributed by atoms with E-state index in [0.29, 0.717) is 19.4 Å². The minimum atomic E-state index is 0. The summed E-state index contributed by atoms with van der Waals surface area (Å²) in [7, 11) is 1.88. The summed E-state index contributed by atoms with van der Waals surface area (Å²) in [5.41, 5.74) is 1.92. The lowest BCUT2D eigenvalue weighted by Gasteiger charge is -2.11. The van der Waals surface area contributed by atoms with Crippen LogP contribution in [0.5, 0.6) is 0 Å². The number of nitrogens with one attached hydrogen (secondary N) is 2. The van der Waals surface area contributed by atoms with E-state index < -0.39 is 0 Å². The Morgan fingerprint density at radius 3 is 2.61 bits per heavy atom. The molecule has 0 spiro atoms. The molecule has 1 atom stereocenters. The van der Waals surface area contributed by atoms with Crippen molar-refractivity contribution in [3.63, 3.8) is 0 Å². The third-order valence-electron chi connectivity index (χ3n) is 2.88. The van der Waals surface area contributed by atoms with Crippen LogP contribution >= 0.6 is 12.4 Å². The number of aryl methyl sites for hydroxylation is 2. The normalized spacial score (nSPS) is 11.8. The van der Waals surface area contributed by atoms with Crippen LogP contribution in [0.1, 0.15) is 30.4 Å². The highest BCUT2D eigenvalue weighted by Crippen LogP contribution is 2.13. The maximum absolute atomic E-state index is 11.6. The standard InChI is InChI=1S/C12H21N3O2.ClH/c1-8(13-4)7-14-12(16)6-5-11-9(2)15-17-10(11)3;/h8,13H,5-7H2,1-4H3,(H,14,16);1H. The van der Waals surface area contributed by atoms with Crippen molar-refractivity contribution in [2.24, 2.45) is 0 Å². The second-order valence-electron chi connectivity index (χ2n) is 4.30. The van der Waals surface area contributed by atoms with Crippen LogP contribution in [0.15, 0.2) is 4.52 Å². The molecule has 0 fully saturated rings. The molecule has 1 unspecified atom stereocenters. The molecule has 1 amide bonds. The van der Waals surface area contributed by atoms with Crippen molar-refractivity contribution in [3.05, 3.63) is 17.0 Å². The Balaban J connectivity index is 0.00000289. The number of halogens is 1. The Morgan fingerprint density at radius 1 is 1.44 bits per heavy atom. The summed E-state index contributed by atoms with van der Waals surface area (Å²) in [5, 5.41) is 9.82. The molecule has 104 valence electrons. The van der Waals surface area contributed by atoms with E-state index >= 15 is 0 Å². The van der Waals surface area contributed by atoms with Gasteiger partial charge in [0.25, 0.3) is 0 Å². The second-order valence-corrected chi connectivity index (χ2v) is 4.30. The molecule has 0 aliphatic carbocycles. The third kappa shape index (κ3) is 5.06. The average Bonchev–Trinajstić information content (AvgIpc) is 2.63. The van der Waals surface area contributed by atoms with Gasteiger partial charge in [0.05, 0.1) is 5.69 Å². The minimum Gasteiger partial charge on any atom is -0.361 e. The Bertz CT molecular complexity index is 360. The van der Waals surface area contributed by atoms with Crippen molar-refractivity contribution in [1.82, 2.24) is 15.8 Å². The predicted octanol–water partition coefficient (Wildman–Crippen LogP) is 1.37. The van der Waals surface area contributed by atoms with E-state index in [9.17, 15) is 4.79 Å². The fourth-order valence-electron chi connectivity index (χ4n) is 1.55. The van der Waals surface area contributed by atoms with Crippen LogP contribution in [0.3, 0.4) is 0 Å². The summed E-state index contributed by atoms with van der Waals surface area (Å²) < 4.78 is 5.05. The summed E-state index contributed by atoms with van der Waals surface area (Å²) in [6.07, 6.45) is 1.15. The predicted molar refractivity (Wildman–Crippen MR) is 73.1 cm³/mol. The summed E-state index contributed by atoms with van der Waals surface area (Å²) >= 11 is 0. The Hall–Kier alpha value is -1.07. The molecular weight excluding hydrogens is 254 g/mol. The first-order valence-corrected chi connectivity index (χ1v) is 5.90. The number of likely N-dealkylation sites (N-methyl/N-ethyl adjacent to an activating group) is 1. The number of aromatic nitrogens is 1. The fourth-order valence-corrected chi connectivity index (χ4v) is 1.55. The molecule has 0 aromatic carbocycles. The lowest BCUT2D eigenvalue weighted by Crippen LogP contribution is -2.37. The van der Waals surface area contributed by atoms with Gasteiger partial charge in [0, 0.05) is 24.6 Å². The number of nitrogens with zero attached hydrogens (tertiary/aromatic N) is 1. The number of carbonyl (C=O) groups is 1. The molecule has 0 aliphatic rings. The molecular formula is C12H22ClN3O2. The van der Waals surface area contributed by atoms with Gasteiger partial charge in [-0.15, -0.1) is 12.4 Å². The van der Waals surface area contributed by atoms with Gasteiger partial charge in [-0.25, -0.2) is 0 Å². The number of amides is 1. The number of hydrogen-bond acceptors (Lipinski definition) is 4. The average molecular weight is 276 g/mol. The molecule has 2 N–H and O–H groups in total. The monoisotopic (exact) mass is 275 g/mol. The zero-order valence-electron chi connectivity index (χ0n) is 11.4. The lowest BCUT2D eigenvalue weighted by atomic mass is 10.1. The topological polar surface area (TPSA) is 67.2 Å². The van der Waals surface area contributed by atoms with Gasteiger partial charge in [0.15, 0.2) is 0 Å². The van der Waals surface area contributed by atoms with Crippen molar-refractivity contribution in [1.29, 1.82) is 0 Å². The van der Waals surface area contributed by atoms with Gasteiger partial charge in [0.1, 0.15) is 5.76 Å². The van der Waals surface area contributed by atoms with Crippen LogP contribution in [0.25, 0.3) is 0 Å². The Kier molecular flexibility index (Phi) is 7.62. The highest BCUT2D eigenvalue weighted by molar-refractivity contribution is 5.85. The van der Waals surface area contributed by atoms with Gasteiger partial charge in [0.2, 0.25) is 5.91 Å². The van der Waals surface area contributed by atoms with Crippen LogP contribution < -0.4 is 10.6 Å². The van der Waals surface area contributed by atoms with Gasteiger partial charge < -0.3 is 15.2 Å². The molecule has 6 heteroatoms. The quantitative estimate of drug-likeness (QED) is 0.823. The zero-order chi connectivity index (χ0) is 12.8. The first kappa shape index (κ1) is 16.9. The highest BCUT2D eigenvalue weighted by atomic mass is 35.5. The van der Waals surface area contributed by atoms with Crippen LogP contribution in [0.4, 0.5) is 0 Å². The number of carbonyl (C=O) groups excluding carboxylic acids is 1. The van der Waals surface area contributed by atoms with Crippen LogP contribution in [-0.4, -0.2) is 30.7 Å². The number of hydrogen-bond donors (Lipinski definition) is 2. The molecule has 5 nitrogen and oxygen atoms in total. The molecule has 0 bridgehead atoms. The minimum absolute atomic E-state index is 0. The highest BCUT2D eigenvalue weighted by Gasteiger charge is 2.11. The molecule has 18 heavy (non-hydrogen) atoms. The molecule has 1 rings (SSSR count). The van der Waals surface area contributed by atoms with Gasteiger partial charge in [-0.3, -0.25) is 4.79 Å². The lowest BCUT2D eigenvalue weighted by molar-refractivity contribution is -0.121. The first-order chi connectivity index (χ1) is 8.04. The van der Waals surface area contributed by atoms with Gasteiger partial charge in [-0.1, -0.05) is 5.16 Å². The second kappa shape index (κ2) is 8.11. The Labute approximate surface area is 114 Å². The van der Waals surface area contributed by atoms with Crippen molar-refractivity contribution in [2.45, 2.75) is 39.7 Å². The van der Waals surface area contributed by atoms with Crippen molar-refractivity contribution in [2.75, 3.05) is 13.6 Å². The molecule has 0 saturated heterocycles. The summed E-state index contributed by atoms with van der Waals surface area (Å²) in [6.45, 7) is 6.44. The molecule has 1 aromatic heterocycles. The smallest absolute Gasteiger partial charge is 0.220 e. The van der Waals surface area contributed by atoms with Gasteiger partial charge >= 0.3 is 0 Å². The summed E-state index contributed by atoms with van der Waals surface area (Å²) in [4.78, 5) is 11.6.